The van der Waals surface area contributed by atoms with E-state index in [2.05, 4.69) is 0 Å². The zero-order chi connectivity index (χ0) is 34.0. The summed E-state index contributed by atoms with van der Waals surface area (Å²) in [6, 6.07) is 7.85. The lowest BCUT2D eigenvalue weighted by Crippen LogP contribution is -2.18. The van der Waals surface area contributed by atoms with Gasteiger partial charge in [0.2, 0.25) is 23.1 Å². The number of phenolic OH excluding ortho intramolecular Hbond substituents is 6. The van der Waals surface area contributed by atoms with Crippen molar-refractivity contribution < 1.29 is 68.8 Å². The van der Waals surface area contributed by atoms with Crippen molar-refractivity contribution in [2.45, 2.75) is 0 Å². The van der Waals surface area contributed by atoms with Gasteiger partial charge in [-0.2, -0.15) is 0 Å². The zero-order valence-electron chi connectivity index (χ0n) is 24.6. The van der Waals surface area contributed by atoms with Crippen LogP contribution in [0.1, 0.15) is 41.4 Å². The second-order valence-corrected chi connectivity index (χ2v) is 9.55. The van der Waals surface area contributed by atoms with Gasteiger partial charge in [0.1, 0.15) is 0 Å². The minimum atomic E-state index is -1.25. The third-order valence-electron chi connectivity index (χ3n) is 6.90. The molecule has 0 aliphatic heterocycles. The SMILES string of the molecule is COc1cc(C(=O)C(=O)c2cc(O)c(O)c(O)c2)c(-c2cc(OC)c(OC)cc2C(=O)C(=O)c2cc(O)c(O)c(O)c2)cc1OC. The molecule has 0 aliphatic carbocycles. The zero-order valence-corrected chi connectivity index (χ0v) is 24.6. The van der Waals surface area contributed by atoms with E-state index < -0.39 is 68.8 Å². The molecule has 14 nitrogen and oxygen atoms in total. The Morgan fingerprint density at radius 3 is 0.935 bits per heavy atom. The van der Waals surface area contributed by atoms with Gasteiger partial charge in [-0.3, -0.25) is 19.2 Å². The van der Waals surface area contributed by atoms with E-state index in [4.69, 9.17) is 18.9 Å². The van der Waals surface area contributed by atoms with E-state index in [0.29, 0.717) is 0 Å². The molecular weight excluding hydrogens is 608 g/mol. The van der Waals surface area contributed by atoms with Crippen LogP contribution in [0.5, 0.6) is 57.5 Å². The summed E-state index contributed by atoms with van der Waals surface area (Å²) in [6.07, 6.45) is 0. The van der Waals surface area contributed by atoms with Crippen LogP contribution >= 0.6 is 0 Å². The van der Waals surface area contributed by atoms with Crippen molar-refractivity contribution >= 4 is 23.1 Å². The summed E-state index contributed by atoms with van der Waals surface area (Å²) < 4.78 is 21.4. The van der Waals surface area contributed by atoms with Crippen molar-refractivity contribution in [3.05, 3.63) is 70.8 Å². The molecule has 6 N–H and O–H groups in total. The highest BCUT2D eigenvalue weighted by molar-refractivity contribution is 6.52. The van der Waals surface area contributed by atoms with Crippen LogP contribution in [-0.2, 0) is 0 Å². The van der Waals surface area contributed by atoms with Gasteiger partial charge in [0.05, 0.1) is 28.4 Å². The summed E-state index contributed by atoms with van der Waals surface area (Å²) in [7, 11) is 5.08. The maximum atomic E-state index is 13.8. The smallest absolute Gasteiger partial charge is 0.234 e. The summed E-state index contributed by atoms with van der Waals surface area (Å²) in [5.41, 5.74) is -2.05. The number of phenols is 6. The fraction of sp³-hybridized carbons (Fsp3) is 0.125. The first-order valence-electron chi connectivity index (χ1n) is 13.0. The Morgan fingerprint density at radius 2 is 0.674 bits per heavy atom. The largest absolute Gasteiger partial charge is 0.504 e. The molecule has 0 spiro atoms. The predicted molar refractivity (Wildman–Crippen MR) is 158 cm³/mol. The Balaban J connectivity index is 2.01. The average Bonchev–Trinajstić information content (AvgIpc) is 3.06. The van der Waals surface area contributed by atoms with E-state index in [1.807, 2.05) is 0 Å². The third-order valence-corrected chi connectivity index (χ3v) is 6.90. The predicted octanol–water partition coefficient (Wildman–Crippen LogP) is 3.75. The molecule has 4 rings (SSSR count). The minimum Gasteiger partial charge on any atom is -0.504 e. The van der Waals surface area contributed by atoms with Crippen LogP contribution in [0.2, 0.25) is 0 Å². The Hall–Kier alpha value is -6.44. The molecule has 238 valence electrons. The number of ether oxygens (including phenoxy) is 4. The van der Waals surface area contributed by atoms with Crippen LogP contribution < -0.4 is 18.9 Å². The van der Waals surface area contributed by atoms with Gasteiger partial charge in [0, 0.05) is 22.3 Å². The number of benzene rings is 4. The number of carbonyl (C=O) groups excluding carboxylic acids is 4. The summed E-state index contributed by atoms with van der Waals surface area (Å²) in [6.45, 7) is 0. The average molecular weight is 635 g/mol. The highest BCUT2D eigenvalue weighted by Gasteiger charge is 2.31. The fourth-order valence-corrected chi connectivity index (χ4v) is 4.56. The van der Waals surface area contributed by atoms with E-state index in [9.17, 15) is 49.8 Å². The Kier molecular flexibility index (Phi) is 8.93. The topological polar surface area (TPSA) is 227 Å². The van der Waals surface area contributed by atoms with Crippen molar-refractivity contribution in [1.29, 1.82) is 0 Å². The first-order chi connectivity index (χ1) is 21.8. The van der Waals surface area contributed by atoms with Crippen molar-refractivity contribution in [2.24, 2.45) is 0 Å². The van der Waals surface area contributed by atoms with Crippen molar-refractivity contribution in [2.75, 3.05) is 28.4 Å². The molecular formula is C32H26O14. The molecule has 0 aromatic heterocycles. The van der Waals surface area contributed by atoms with Gasteiger partial charge in [-0.1, -0.05) is 0 Å². The second-order valence-electron chi connectivity index (χ2n) is 9.55. The van der Waals surface area contributed by atoms with Crippen molar-refractivity contribution in [3.8, 4) is 68.6 Å². The van der Waals surface area contributed by atoms with E-state index in [1.54, 1.807) is 0 Å². The summed E-state index contributed by atoms with van der Waals surface area (Å²) in [4.78, 5) is 54.3. The highest BCUT2D eigenvalue weighted by Crippen LogP contribution is 2.43. The molecule has 0 unspecified atom stereocenters. The molecule has 0 atom stereocenters. The molecule has 0 bridgehead atoms. The van der Waals surface area contributed by atoms with Crippen molar-refractivity contribution in [1.82, 2.24) is 0 Å². The number of hydrogen-bond acceptors (Lipinski definition) is 14. The molecule has 0 aliphatic rings. The number of aromatic hydroxyl groups is 6. The number of hydrogen-bond donors (Lipinski definition) is 6. The maximum absolute atomic E-state index is 13.8. The lowest BCUT2D eigenvalue weighted by Gasteiger charge is -2.18. The number of rotatable bonds is 11. The van der Waals surface area contributed by atoms with Gasteiger partial charge in [0.25, 0.3) is 0 Å². The van der Waals surface area contributed by atoms with E-state index in [1.165, 1.54) is 40.6 Å². The Labute approximate surface area is 259 Å². The Morgan fingerprint density at radius 1 is 0.413 bits per heavy atom. The second kappa shape index (κ2) is 12.7. The summed E-state index contributed by atoms with van der Waals surface area (Å²) in [5.74, 6) is -10.2. The maximum Gasteiger partial charge on any atom is 0.234 e. The molecule has 0 heterocycles. The van der Waals surface area contributed by atoms with Gasteiger partial charge < -0.3 is 49.6 Å². The molecule has 0 fully saturated rings. The van der Waals surface area contributed by atoms with Crippen LogP contribution in [0.4, 0.5) is 0 Å². The van der Waals surface area contributed by atoms with Gasteiger partial charge in [-0.15, -0.1) is 0 Å². The van der Waals surface area contributed by atoms with E-state index in [-0.39, 0.29) is 45.3 Å². The molecule has 0 saturated carbocycles. The lowest BCUT2D eigenvalue weighted by molar-refractivity contribution is 0.0815. The molecule has 0 saturated heterocycles. The number of carbonyl (C=O) groups is 4. The van der Waals surface area contributed by atoms with E-state index in [0.717, 1.165) is 36.4 Å². The first kappa shape index (κ1) is 32.5. The van der Waals surface area contributed by atoms with Gasteiger partial charge in [0.15, 0.2) is 57.5 Å². The molecule has 14 heteroatoms. The molecule has 0 amide bonds. The van der Waals surface area contributed by atoms with Crippen LogP contribution in [-0.4, -0.2) is 82.2 Å². The summed E-state index contributed by atoms with van der Waals surface area (Å²) >= 11 is 0. The normalized spacial score (nSPS) is 10.6. The van der Waals surface area contributed by atoms with Gasteiger partial charge in [-0.25, -0.2) is 0 Å². The van der Waals surface area contributed by atoms with Gasteiger partial charge >= 0.3 is 0 Å². The van der Waals surface area contributed by atoms with Crippen LogP contribution in [0.15, 0.2) is 48.5 Å². The third kappa shape index (κ3) is 5.74. The number of ketones is 4. The first-order valence-corrected chi connectivity index (χ1v) is 13.0. The van der Waals surface area contributed by atoms with Crippen LogP contribution in [0, 0.1) is 0 Å². The van der Waals surface area contributed by atoms with Crippen LogP contribution in [0.3, 0.4) is 0 Å². The van der Waals surface area contributed by atoms with Crippen LogP contribution in [0.25, 0.3) is 11.1 Å². The van der Waals surface area contributed by atoms with Gasteiger partial charge in [-0.05, 0) is 59.7 Å². The monoisotopic (exact) mass is 634 g/mol. The fourth-order valence-electron chi connectivity index (χ4n) is 4.56. The molecule has 4 aromatic rings. The molecule has 4 aromatic carbocycles. The minimum absolute atomic E-state index is 0.0155. The number of Topliss-reactive ketones (excluding diaryl/α,β-unsaturated/α-hetero) is 4. The highest BCUT2D eigenvalue weighted by atomic mass is 16.5. The van der Waals surface area contributed by atoms with E-state index >= 15 is 0 Å². The number of methoxy groups -OCH3 is 4. The molecule has 0 radical (unpaired) electrons. The summed E-state index contributed by atoms with van der Waals surface area (Å²) in [5, 5.41) is 59.0. The lowest BCUT2D eigenvalue weighted by atomic mass is 9.87. The Bertz CT molecular complexity index is 1740. The standard InChI is InChI=1S/C32H26O14/c1-43-23-9-15(17(11-25(23)45-3)29(39)27(37)13-5-19(33)31(41)20(34)6-13)16-10-24(44-2)26(46-4)12-18(16)30(40)28(38)14-7-21(35)32(42)22(36)8-14/h5-12,33-36,41-42H,1-4H3. The van der Waals surface area contributed by atoms with Crippen molar-refractivity contribution in [3.63, 3.8) is 0 Å². The quantitative estimate of drug-likeness (QED) is 0.0785. The molecule has 46 heavy (non-hydrogen) atoms.